The van der Waals surface area contributed by atoms with Gasteiger partial charge >= 0.3 is 0 Å². The van der Waals surface area contributed by atoms with E-state index in [-0.39, 0.29) is 5.54 Å². The van der Waals surface area contributed by atoms with Crippen molar-refractivity contribution in [3.05, 3.63) is 0 Å². The van der Waals surface area contributed by atoms with Crippen LogP contribution in [0.1, 0.15) is 53.4 Å². The summed E-state index contributed by atoms with van der Waals surface area (Å²) in [6, 6.07) is 0.858. The zero-order chi connectivity index (χ0) is 12.2. The van der Waals surface area contributed by atoms with Crippen molar-refractivity contribution >= 4 is 0 Å². The minimum Gasteiger partial charge on any atom is -0.312 e. The summed E-state index contributed by atoms with van der Waals surface area (Å²) >= 11 is 0. The van der Waals surface area contributed by atoms with E-state index in [1.165, 1.54) is 32.2 Å². The fraction of sp³-hybridized carbons (Fsp3) is 1.00. The standard InChI is InChI=1S/C14H30N2/c1-12(10-15-14(2,3)4)11-16(5)13-8-6-7-9-13/h12-13,15H,6-11H2,1-5H3. The molecule has 16 heavy (non-hydrogen) atoms. The van der Waals surface area contributed by atoms with E-state index in [0.29, 0.717) is 0 Å². The number of nitrogens with zero attached hydrogens (tertiary/aromatic N) is 1. The van der Waals surface area contributed by atoms with E-state index in [9.17, 15) is 0 Å². The highest BCUT2D eigenvalue weighted by atomic mass is 15.1. The van der Waals surface area contributed by atoms with Gasteiger partial charge in [0, 0.05) is 18.1 Å². The summed E-state index contributed by atoms with van der Waals surface area (Å²) in [7, 11) is 2.30. The lowest BCUT2D eigenvalue weighted by Gasteiger charge is -2.29. The molecule has 0 aliphatic heterocycles. The van der Waals surface area contributed by atoms with E-state index >= 15 is 0 Å². The van der Waals surface area contributed by atoms with Gasteiger partial charge in [-0.3, -0.25) is 0 Å². The van der Waals surface area contributed by atoms with Crippen molar-refractivity contribution in [1.29, 1.82) is 0 Å². The van der Waals surface area contributed by atoms with Crippen molar-refractivity contribution in [3.63, 3.8) is 0 Å². The van der Waals surface area contributed by atoms with Crippen LogP contribution in [-0.4, -0.2) is 36.6 Å². The Morgan fingerprint density at radius 2 is 1.81 bits per heavy atom. The molecule has 1 aliphatic carbocycles. The third-order valence-electron chi connectivity index (χ3n) is 3.53. The molecule has 0 amide bonds. The summed E-state index contributed by atoms with van der Waals surface area (Å²) in [6.07, 6.45) is 5.69. The van der Waals surface area contributed by atoms with Crippen molar-refractivity contribution < 1.29 is 0 Å². The average molecular weight is 226 g/mol. The van der Waals surface area contributed by atoms with Crippen LogP contribution in [-0.2, 0) is 0 Å². The number of rotatable bonds is 5. The lowest BCUT2D eigenvalue weighted by molar-refractivity contribution is 0.207. The molecular weight excluding hydrogens is 196 g/mol. The maximum atomic E-state index is 3.59. The highest BCUT2D eigenvalue weighted by molar-refractivity contribution is 4.78. The molecule has 1 unspecified atom stereocenters. The van der Waals surface area contributed by atoms with Crippen molar-refractivity contribution in [2.75, 3.05) is 20.1 Å². The van der Waals surface area contributed by atoms with Crippen LogP contribution in [0.15, 0.2) is 0 Å². The van der Waals surface area contributed by atoms with Gasteiger partial charge in [0.15, 0.2) is 0 Å². The van der Waals surface area contributed by atoms with Gasteiger partial charge in [0.05, 0.1) is 0 Å². The molecule has 0 aromatic carbocycles. The molecule has 96 valence electrons. The largest absolute Gasteiger partial charge is 0.312 e. The van der Waals surface area contributed by atoms with Crippen LogP contribution in [0.4, 0.5) is 0 Å². The molecule has 0 saturated heterocycles. The molecule has 1 atom stereocenters. The predicted octanol–water partition coefficient (Wildman–Crippen LogP) is 2.89. The predicted molar refractivity (Wildman–Crippen MR) is 71.8 cm³/mol. The van der Waals surface area contributed by atoms with Crippen molar-refractivity contribution in [2.45, 2.75) is 65.0 Å². The quantitative estimate of drug-likeness (QED) is 0.775. The highest BCUT2D eigenvalue weighted by Gasteiger charge is 2.21. The van der Waals surface area contributed by atoms with E-state index in [1.807, 2.05) is 0 Å². The Bertz CT molecular complexity index is 189. The van der Waals surface area contributed by atoms with Crippen LogP contribution >= 0.6 is 0 Å². The second-order valence-corrected chi connectivity index (χ2v) is 6.61. The zero-order valence-electron chi connectivity index (χ0n) is 11.8. The first kappa shape index (κ1) is 14.0. The van der Waals surface area contributed by atoms with Gasteiger partial charge in [-0.1, -0.05) is 19.8 Å². The van der Waals surface area contributed by atoms with Crippen LogP contribution in [0.2, 0.25) is 0 Å². The average Bonchev–Trinajstić information content (AvgIpc) is 2.66. The fourth-order valence-corrected chi connectivity index (χ4v) is 2.53. The molecule has 1 aliphatic rings. The van der Waals surface area contributed by atoms with Gasteiger partial charge in [-0.05, 0) is 53.1 Å². The molecule has 2 nitrogen and oxygen atoms in total. The molecule has 0 radical (unpaired) electrons. The molecule has 0 bridgehead atoms. The SMILES string of the molecule is CC(CNC(C)(C)C)CN(C)C1CCCC1. The first-order chi connectivity index (χ1) is 7.38. The maximum absolute atomic E-state index is 3.59. The van der Waals surface area contributed by atoms with E-state index in [1.54, 1.807) is 0 Å². The Morgan fingerprint density at radius 3 is 2.31 bits per heavy atom. The summed E-state index contributed by atoms with van der Waals surface area (Å²) in [5.41, 5.74) is 0.250. The first-order valence-corrected chi connectivity index (χ1v) is 6.84. The number of nitrogens with one attached hydrogen (secondary N) is 1. The summed E-state index contributed by atoms with van der Waals surface area (Å²) < 4.78 is 0. The smallest absolute Gasteiger partial charge is 0.00966 e. The highest BCUT2D eigenvalue weighted by Crippen LogP contribution is 2.22. The zero-order valence-corrected chi connectivity index (χ0v) is 11.8. The van der Waals surface area contributed by atoms with Crippen LogP contribution in [0.5, 0.6) is 0 Å². The lowest BCUT2D eigenvalue weighted by atomic mass is 10.1. The molecule has 2 heteroatoms. The Kier molecular flexibility index (Phi) is 5.26. The van der Waals surface area contributed by atoms with Crippen LogP contribution in [0, 0.1) is 5.92 Å². The molecule has 1 saturated carbocycles. The molecule has 1 fully saturated rings. The normalized spacial score (nSPS) is 20.6. The first-order valence-electron chi connectivity index (χ1n) is 6.84. The summed E-state index contributed by atoms with van der Waals surface area (Å²) in [6.45, 7) is 11.4. The lowest BCUT2D eigenvalue weighted by Crippen LogP contribution is -2.42. The Labute approximate surface area is 102 Å². The van der Waals surface area contributed by atoms with Crippen LogP contribution in [0.25, 0.3) is 0 Å². The van der Waals surface area contributed by atoms with Gasteiger partial charge in [0.2, 0.25) is 0 Å². The summed E-state index contributed by atoms with van der Waals surface area (Å²) in [4.78, 5) is 2.57. The van der Waals surface area contributed by atoms with Crippen molar-refractivity contribution in [3.8, 4) is 0 Å². The van der Waals surface area contributed by atoms with E-state index in [4.69, 9.17) is 0 Å². The third kappa shape index (κ3) is 5.31. The van der Waals surface area contributed by atoms with Gasteiger partial charge in [-0.15, -0.1) is 0 Å². The van der Waals surface area contributed by atoms with Gasteiger partial charge < -0.3 is 10.2 Å². The molecular formula is C14H30N2. The minimum atomic E-state index is 0.250. The monoisotopic (exact) mass is 226 g/mol. The van der Waals surface area contributed by atoms with Gasteiger partial charge in [0.1, 0.15) is 0 Å². The van der Waals surface area contributed by atoms with Crippen molar-refractivity contribution in [2.24, 2.45) is 5.92 Å². The minimum absolute atomic E-state index is 0.250. The van der Waals surface area contributed by atoms with Gasteiger partial charge in [-0.2, -0.15) is 0 Å². The fourth-order valence-electron chi connectivity index (χ4n) is 2.53. The molecule has 1 rings (SSSR count). The van der Waals surface area contributed by atoms with E-state index in [0.717, 1.165) is 18.5 Å². The van der Waals surface area contributed by atoms with Crippen LogP contribution < -0.4 is 5.32 Å². The van der Waals surface area contributed by atoms with E-state index < -0.39 is 0 Å². The molecule has 1 N–H and O–H groups in total. The Hall–Kier alpha value is -0.0800. The molecule has 0 spiro atoms. The summed E-state index contributed by atoms with van der Waals surface area (Å²) in [5.74, 6) is 0.741. The number of hydrogen-bond acceptors (Lipinski definition) is 2. The second kappa shape index (κ2) is 6.02. The molecule has 0 heterocycles. The van der Waals surface area contributed by atoms with Gasteiger partial charge in [0.25, 0.3) is 0 Å². The Morgan fingerprint density at radius 1 is 1.25 bits per heavy atom. The van der Waals surface area contributed by atoms with Crippen LogP contribution in [0.3, 0.4) is 0 Å². The second-order valence-electron chi connectivity index (χ2n) is 6.61. The molecule has 0 aromatic heterocycles. The van der Waals surface area contributed by atoms with Gasteiger partial charge in [-0.25, -0.2) is 0 Å². The van der Waals surface area contributed by atoms with E-state index in [2.05, 4.69) is 45.0 Å². The summed E-state index contributed by atoms with van der Waals surface area (Å²) in [5, 5.41) is 3.59. The third-order valence-corrected chi connectivity index (χ3v) is 3.53. The number of hydrogen-bond donors (Lipinski definition) is 1. The Balaban J connectivity index is 2.19. The maximum Gasteiger partial charge on any atom is 0.00966 e. The molecule has 0 aromatic rings. The van der Waals surface area contributed by atoms with Crippen molar-refractivity contribution in [1.82, 2.24) is 10.2 Å². The topological polar surface area (TPSA) is 15.3 Å².